The molecule has 0 aromatic heterocycles. The normalized spacial score (nSPS) is 11.6. The van der Waals surface area contributed by atoms with Gasteiger partial charge < -0.3 is 10.1 Å². The SMILES string of the molecule is CCOc1ccc(NC(=O)/C(C#N)=C\C(C)=C\c2ccccc2)cc1. The highest BCUT2D eigenvalue weighted by Gasteiger charge is 2.09. The third-order valence-corrected chi connectivity index (χ3v) is 3.35. The molecule has 0 aliphatic heterocycles. The molecule has 0 saturated carbocycles. The first-order valence-corrected chi connectivity index (χ1v) is 8.01. The van der Waals surface area contributed by atoms with Gasteiger partial charge in [0.2, 0.25) is 0 Å². The van der Waals surface area contributed by atoms with E-state index >= 15 is 0 Å². The molecule has 0 heterocycles. The van der Waals surface area contributed by atoms with Crippen molar-refractivity contribution in [1.82, 2.24) is 0 Å². The molecule has 0 spiro atoms. The Labute approximate surface area is 148 Å². The molecule has 1 N–H and O–H groups in total. The van der Waals surface area contributed by atoms with E-state index in [9.17, 15) is 10.1 Å². The lowest BCUT2D eigenvalue weighted by molar-refractivity contribution is -0.112. The van der Waals surface area contributed by atoms with E-state index in [4.69, 9.17) is 4.74 Å². The zero-order valence-electron chi connectivity index (χ0n) is 14.3. The third-order valence-electron chi connectivity index (χ3n) is 3.35. The molecule has 2 rings (SSSR count). The quantitative estimate of drug-likeness (QED) is 0.478. The van der Waals surface area contributed by atoms with E-state index in [1.165, 1.54) is 0 Å². The van der Waals surface area contributed by atoms with Crippen LogP contribution in [0.5, 0.6) is 5.75 Å². The molecule has 4 heteroatoms. The largest absolute Gasteiger partial charge is 0.494 e. The van der Waals surface area contributed by atoms with Crippen LogP contribution in [-0.2, 0) is 4.79 Å². The first-order chi connectivity index (χ1) is 12.1. The van der Waals surface area contributed by atoms with E-state index < -0.39 is 5.91 Å². The predicted molar refractivity (Wildman–Crippen MR) is 100 cm³/mol. The Morgan fingerprint density at radius 2 is 1.84 bits per heavy atom. The van der Waals surface area contributed by atoms with Gasteiger partial charge in [0.05, 0.1) is 6.61 Å². The number of hydrogen-bond donors (Lipinski definition) is 1. The second-order valence-corrected chi connectivity index (χ2v) is 5.38. The van der Waals surface area contributed by atoms with Crippen molar-refractivity contribution >= 4 is 17.7 Å². The van der Waals surface area contributed by atoms with Crippen molar-refractivity contribution in [2.24, 2.45) is 0 Å². The Morgan fingerprint density at radius 3 is 2.44 bits per heavy atom. The van der Waals surface area contributed by atoms with Crippen molar-refractivity contribution < 1.29 is 9.53 Å². The monoisotopic (exact) mass is 332 g/mol. The summed E-state index contributed by atoms with van der Waals surface area (Å²) in [5.41, 5.74) is 2.50. The summed E-state index contributed by atoms with van der Waals surface area (Å²) < 4.78 is 5.36. The molecule has 4 nitrogen and oxygen atoms in total. The van der Waals surface area contributed by atoms with Crippen LogP contribution in [0.4, 0.5) is 5.69 Å². The first-order valence-electron chi connectivity index (χ1n) is 8.01. The Bertz CT molecular complexity index is 813. The number of benzene rings is 2. The van der Waals surface area contributed by atoms with Crippen LogP contribution in [0.1, 0.15) is 19.4 Å². The van der Waals surface area contributed by atoms with Crippen LogP contribution < -0.4 is 10.1 Å². The van der Waals surface area contributed by atoms with Gasteiger partial charge in [-0.25, -0.2) is 0 Å². The molecule has 1 amide bonds. The summed E-state index contributed by atoms with van der Waals surface area (Å²) in [7, 11) is 0. The van der Waals surface area contributed by atoms with Crippen LogP contribution in [0.3, 0.4) is 0 Å². The lowest BCUT2D eigenvalue weighted by atomic mass is 10.1. The van der Waals surface area contributed by atoms with Gasteiger partial charge in [0, 0.05) is 5.69 Å². The zero-order valence-corrected chi connectivity index (χ0v) is 14.3. The van der Waals surface area contributed by atoms with Gasteiger partial charge in [-0.1, -0.05) is 36.4 Å². The van der Waals surface area contributed by atoms with Crippen molar-refractivity contribution in [3.63, 3.8) is 0 Å². The lowest BCUT2D eigenvalue weighted by Crippen LogP contribution is -2.13. The molecule has 25 heavy (non-hydrogen) atoms. The van der Waals surface area contributed by atoms with E-state index in [1.54, 1.807) is 30.3 Å². The molecule has 2 aromatic carbocycles. The average molecular weight is 332 g/mol. The number of allylic oxidation sites excluding steroid dienone is 2. The molecular formula is C21H20N2O2. The summed E-state index contributed by atoms with van der Waals surface area (Å²) in [5, 5.41) is 12.0. The van der Waals surface area contributed by atoms with Crippen LogP contribution in [0.2, 0.25) is 0 Å². The van der Waals surface area contributed by atoms with E-state index in [1.807, 2.05) is 56.3 Å². The van der Waals surface area contributed by atoms with Gasteiger partial charge in [0.15, 0.2) is 0 Å². The summed E-state index contributed by atoms with van der Waals surface area (Å²) in [4.78, 5) is 12.3. The van der Waals surface area contributed by atoms with Crippen LogP contribution >= 0.6 is 0 Å². The standard InChI is InChI=1S/C21H20N2O2/c1-3-25-20-11-9-19(10-12-20)23-21(24)18(15-22)14-16(2)13-17-7-5-4-6-8-17/h4-14H,3H2,1-2H3,(H,23,24)/b16-13+,18-14-. The maximum absolute atomic E-state index is 12.3. The number of nitrogens with zero attached hydrogens (tertiary/aromatic N) is 1. The van der Waals surface area contributed by atoms with Crippen LogP contribution in [0, 0.1) is 11.3 Å². The maximum Gasteiger partial charge on any atom is 0.266 e. The molecule has 0 radical (unpaired) electrons. The number of carbonyl (C=O) groups is 1. The highest BCUT2D eigenvalue weighted by atomic mass is 16.5. The molecule has 0 bridgehead atoms. The topological polar surface area (TPSA) is 62.1 Å². The lowest BCUT2D eigenvalue weighted by Gasteiger charge is -2.06. The summed E-state index contributed by atoms with van der Waals surface area (Å²) in [6.07, 6.45) is 3.50. The number of rotatable bonds is 6. The molecular weight excluding hydrogens is 312 g/mol. The van der Waals surface area contributed by atoms with Gasteiger partial charge >= 0.3 is 0 Å². The number of hydrogen-bond acceptors (Lipinski definition) is 3. The molecule has 126 valence electrons. The van der Waals surface area contributed by atoms with Gasteiger partial charge in [-0.05, 0) is 55.3 Å². The summed E-state index contributed by atoms with van der Waals surface area (Å²) >= 11 is 0. The smallest absolute Gasteiger partial charge is 0.266 e. The number of carbonyl (C=O) groups excluding carboxylic acids is 1. The number of anilines is 1. The Morgan fingerprint density at radius 1 is 1.16 bits per heavy atom. The van der Waals surface area contributed by atoms with E-state index in [-0.39, 0.29) is 5.57 Å². The molecule has 0 unspecified atom stereocenters. The molecule has 0 aliphatic rings. The Hall–Kier alpha value is -3.32. The predicted octanol–water partition coefficient (Wildman–Crippen LogP) is 4.58. The fraction of sp³-hybridized carbons (Fsp3) is 0.143. The zero-order chi connectivity index (χ0) is 18.1. The van der Waals surface area contributed by atoms with Gasteiger partial charge in [-0.15, -0.1) is 0 Å². The molecule has 0 aliphatic carbocycles. The minimum absolute atomic E-state index is 0.0542. The highest BCUT2D eigenvalue weighted by Crippen LogP contribution is 2.17. The minimum atomic E-state index is -0.438. The molecule has 0 atom stereocenters. The number of amides is 1. The van der Waals surface area contributed by atoms with Gasteiger partial charge in [0.25, 0.3) is 5.91 Å². The van der Waals surface area contributed by atoms with Crippen LogP contribution in [0.25, 0.3) is 6.08 Å². The number of nitriles is 1. The molecule has 0 saturated heterocycles. The highest BCUT2D eigenvalue weighted by molar-refractivity contribution is 6.07. The second kappa shape index (κ2) is 9.09. The maximum atomic E-state index is 12.3. The van der Waals surface area contributed by atoms with Gasteiger partial charge in [0.1, 0.15) is 17.4 Å². The minimum Gasteiger partial charge on any atom is -0.494 e. The van der Waals surface area contributed by atoms with Crippen molar-refractivity contribution in [2.75, 3.05) is 11.9 Å². The number of nitrogens with one attached hydrogen (secondary N) is 1. The van der Waals surface area contributed by atoms with E-state index in [2.05, 4.69) is 5.32 Å². The Kier molecular flexibility index (Phi) is 6.56. The molecule has 2 aromatic rings. The van der Waals surface area contributed by atoms with Crippen LogP contribution in [0.15, 0.2) is 71.8 Å². The van der Waals surface area contributed by atoms with Crippen molar-refractivity contribution in [1.29, 1.82) is 5.26 Å². The van der Waals surface area contributed by atoms with E-state index in [0.29, 0.717) is 12.3 Å². The second-order valence-electron chi connectivity index (χ2n) is 5.38. The summed E-state index contributed by atoms with van der Waals surface area (Å²) in [6, 6.07) is 18.7. The van der Waals surface area contributed by atoms with Crippen molar-refractivity contribution in [3.05, 3.63) is 77.4 Å². The molecule has 0 fully saturated rings. The van der Waals surface area contributed by atoms with Gasteiger partial charge in [-0.3, -0.25) is 4.79 Å². The fourth-order valence-corrected chi connectivity index (χ4v) is 2.23. The fourth-order valence-electron chi connectivity index (χ4n) is 2.23. The summed E-state index contributed by atoms with van der Waals surface area (Å²) in [5.74, 6) is 0.297. The van der Waals surface area contributed by atoms with Gasteiger partial charge in [-0.2, -0.15) is 5.26 Å². The number of ether oxygens (including phenoxy) is 1. The first kappa shape index (κ1) is 18.0. The Balaban J connectivity index is 2.10. The summed E-state index contributed by atoms with van der Waals surface area (Å²) in [6.45, 7) is 4.35. The van der Waals surface area contributed by atoms with Crippen LogP contribution in [-0.4, -0.2) is 12.5 Å². The third kappa shape index (κ3) is 5.67. The average Bonchev–Trinajstić information content (AvgIpc) is 2.62. The van der Waals surface area contributed by atoms with Crippen molar-refractivity contribution in [3.8, 4) is 11.8 Å². The van der Waals surface area contributed by atoms with Crippen molar-refractivity contribution in [2.45, 2.75) is 13.8 Å². The van der Waals surface area contributed by atoms with E-state index in [0.717, 1.165) is 16.9 Å².